The van der Waals surface area contributed by atoms with E-state index in [0.717, 1.165) is 43.2 Å². The van der Waals surface area contributed by atoms with Gasteiger partial charge in [0.15, 0.2) is 0 Å². The fraction of sp³-hybridized carbons (Fsp3) is 0.600. The van der Waals surface area contributed by atoms with Crippen LogP contribution in [0.4, 0.5) is 0 Å². The zero-order chi connectivity index (χ0) is 14.8. The van der Waals surface area contributed by atoms with Crippen LogP contribution >= 0.6 is 11.6 Å². The second-order valence-electron chi connectivity index (χ2n) is 5.05. The lowest BCUT2D eigenvalue weighted by Crippen LogP contribution is -2.23. The van der Waals surface area contributed by atoms with Gasteiger partial charge < -0.3 is 20.7 Å². The molecule has 1 rings (SSSR count). The number of nitrogens with two attached hydrogens (primary N) is 1. The summed E-state index contributed by atoms with van der Waals surface area (Å²) in [4.78, 5) is 2.10. The van der Waals surface area contributed by atoms with Gasteiger partial charge in [-0.1, -0.05) is 17.7 Å². The molecule has 0 spiro atoms. The number of ether oxygens (including phenoxy) is 1. The summed E-state index contributed by atoms with van der Waals surface area (Å²) in [6.07, 6.45) is 2.04. The second kappa shape index (κ2) is 10.00. The lowest BCUT2D eigenvalue weighted by atomic mass is 10.1. The number of likely N-dealkylation sites (N-methyl/N-ethyl adjacent to an activating group) is 1. The summed E-state index contributed by atoms with van der Waals surface area (Å²) in [7, 11) is 4.07. The average molecular weight is 300 g/mol. The van der Waals surface area contributed by atoms with Gasteiger partial charge in [0, 0.05) is 24.7 Å². The van der Waals surface area contributed by atoms with Crippen LogP contribution in [0.25, 0.3) is 0 Å². The van der Waals surface area contributed by atoms with E-state index in [4.69, 9.17) is 22.1 Å². The van der Waals surface area contributed by atoms with Gasteiger partial charge in [-0.2, -0.15) is 0 Å². The van der Waals surface area contributed by atoms with Crippen molar-refractivity contribution in [2.45, 2.75) is 12.8 Å². The molecule has 0 saturated heterocycles. The van der Waals surface area contributed by atoms with E-state index in [1.165, 1.54) is 5.56 Å². The van der Waals surface area contributed by atoms with Gasteiger partial charge in [-0.3, -0.25) is 0 Å². The highest BCUT2D eigenvalue weighted by Gasteiger charge is 2.05. The van der Waals surface area contributed by atoms with Gasteiger partial charge in [0.25, 0.3) is 0 Å². The van der Waals surface area contributed by atoms with Gasteiger partial charge in [-0.25, -0.2) is 0 Å². The van der Waals surface area contributed by atoms with Crippen LogP contribution in [0, 0.1) is 0 Å². The molecule has 1 aromatic rings. The van der Waals surface area contributed by atoms with Crippen molar-refractivity contribution in [2.24, 2.45) is 5.73 Å². The van der Waals surface area contributed by atoms with E-state index in [2.05, 4.69) is 16.3 Å². The SMILES string of the molecule is CN(C)CCOc1cc(Cl)ccc1CCCNCCN. The van der Waals surface area contributed by atoms with Crippen LogP contribution in [-0.2, 0) is 6.42 Å². The maximum Gasteiger partial charge on any atom is 0.124 e. The predicted molar refractivity (Wildman–Crippen MR) is 85.7 cm³/mol. The molecule has 0 saturated carbocycles. The number of hydrogen-bond donors (Lipinski definition) is 2. The summed E-state index contributed by atoms with van der Waals surface area (Å²) in [5.41, 5.74) is 6.65. The Hall–Kier alpha value is -0.810. The van der Waals surface area contributed by atoms with E-state index in [0.29, 0.717) is 13.2 Å². The molecule has 0 unspecified atom stereocenters. The Bertz CT molecular complexity index is 385. The van der Waals surface area contributed by atoms with Gasteiger partial charge >= 0.3 is 0 Å². The monoisotopic (exact) mass is 299 g/mol. The Morgan fingerprint density at radius 2 is 2.10 bits per heavy atom. The van der Waals surface area contributed by atoms with Crippen molar-refractivity contribution in [2.75, 3.05) is 46.9 Å². The number of hydrogen-bond acceptors (Lipinski definition) is 4. The fourth-order valence-corrected chi connectivity index (χ4v) is 2.00. The summed E-state index contributed by atoms with van der Waals surface area (Å²) in [6, 6.07) is 5.87. The third-order valence-corrected chi connectivity index (χ3v) is 3.18. The summed E-state index contributed by atoms with van der Waals surface area (Å²) in [6.45, 7) is 4.08. The minimum atomic E-state index is 0.672. The van der Waals surface area contributed by atoms with Gasteiger partial charge in [0.1, 0.15) is 12.4 Å². The molecule has 5 heteroatoms. The molecule has 1 aromatic carbocycles. The molecular weight excluding hydrogens is 274 g/mol. The number of rotatable bonds is 10. The molecule has 20 heavy (non-hydrogen) atoms. The Morgan fingerprint density at radius 3 is 2.80 bits per heavy atom. The van der Waals surface area contributed by atoms with Crippen molar-refractivity contribution in [3.63, 3.8) is 0 Å². The van der Waals surface area contributed by atoms with Gasteiger partial charge in [-0.15, -0.1) is 0 Å². The smallest absolute Gasteiger partial charge is 0.124 e. The Labute approximate surface area is 127 Å². The van der Waals surface area contributed by atoms with E-state index in [9.17, 15) is 0 Å². The molecular formula is C15H26ClN3O. The molecule has 0 fully saturated rings. The first kappa shape index (κ1) is 17.2. The van der Waals surface area contributed by atoms with Gasteiger partial charge in [0.2, 0.25) is 0 Å². The Kier molecular flexibility index (Phi) is 8.62. The van der Waals surface area contributed by atoms with E-state index in [1.54, 1.807) is 0 Å². The lowest BCUT2D eigenvalue weighted by molar-refractivity contribution is 0.259. The van der Waals surface area contributed by atoms with Crippen molar-refractivity contribution in [3.05, 3.63) is 28.8 Å². The number of nitrogens with one attached hydrogen (secondary N) is 1. The first-order valence-electron chi connectivity index (χ1n) is 7.10. The minimum Gasteiger partial charge on any atom is -0.492 e. The third-order valence-electron chi connectivity index (χ3n) is 2.95. The van der Waals surface area contributed by atoms with E-state index < -0.39 is 0 Å². The molecule has 0 aliphatic carbocycles. The topological polar surface area (TPSA) is 50.5 Å². The minimum absolute atomic E-state index is 0.672. The average Bonchev–Trinajstić information content (AvgIpc) is 2.40. The molecule has 0 amide bonds. The zero-order valence-electron chi connectivity index (χ0n) is 12.5. The van der Waals surface area contributed by atoms with E-state index in [1.807, 2.05) is 26.2 Å². The third kappa shape index (κ3) is 7.10. The maximum atomic E-state index is 6.04. The molecule has 0 bridgehead atoms. The summed E-state index contributed by atoms with van der Waals surface area (Å²) < 4.78 is 5.84. The normalized spacial score (nSPS) is 11.1. The predicted octanol–water partition coefficient (Wildman–Crippen LogP) is 1.76. The first-order valence-corrected chi connectivity index (χ1v) is 7.48. The quantitative estimate of drug-likeness (QED) is 0.647. The van der Waals surface area contributed by atoms with Crippen molar-refractivity contribution >= 4 is 11.6 Å². The molecule has 0 atom stereocenters. The van der Waals surface area contributed by atoms with Crippen molar-refractivity contribution in [3.8, 4) is 5.75 Å². The number of nitrogens with zero attached hydrogens (tertiary/aromatic N) is 1. The van der Waals surface area contributed by atoms with Gasteiger partial charge in [-0.05, 0) is 51.2 Å². The number of halogens is 1. The van der Waals surface area contributed by atoms with Crippen LogP contribution in [0.3, 0.4) is 0 Å². The van der Waals surface area contributed by atoms with Crippen LogP contribution in [0.2, 0.25) is 5.02 Å². The Morgan fingerprint density at radius 1 is 1.30 bits per heavy atom. The van der Waals surface area contributed by atoms with Crippen molar-refractivity contribution in [1.29, 1.82) is 0 Å². The summed E-state index contributed by atoms with van der Waals surface area (Å²) >= 11 is 6.04. The largest absolute Gasteiger partial charge is 0.492 e. The highest BCUT2D eigenvalue weighted by atomic mass is 35.5. The molecule has 0 heterocycles. The molecule has 0 aliphatic heterocycles. The van der Waals surface area contributed by atoms with Crippen LogP contribution in [-0.4, -0.2) is 51.8 Å². The molecule has 0 aliphatic rings. The van der Waals surface area contributed by atoms with Crippen LogP contribution in [0.15, 0.2) is 18.2 Å². The highest BCUT2D eigenvalue weighted by molar-refractivity contribution is 6.30. The molecule has 4 nitrogen and oxygen atoms in total. The van der Waals surface area contributed by atoms with Gasteiger partial charge in [0.05, 0.1) is 0 Å². The first-order chi connectivity index (χ1) is 9.63. The summed E-state index contributed by atoms with van der Waals surface area (Å²) in [5.74, 6) is 0.901. The number of benzene rings is 1. The standard InChI is InChI=1S/C15H26ClN3O/c1-19(2)10-11-20-15-12-14(16)6-5-13(15)4-3-8-18-9-7-17/h5-6,12,18H,3-4,7-11,17H2,1-2H3. The van der Waals surface area contributed by atoms with Crippen LogP contribution in [0.1, 0.15) is 12.0 Å². The number of aryl methyl sites for hydroxylation is 1. The zero-order valence-corrected chi connectivity index (χ0v) is 13.2. The van der Waals surface area contributed by atoms with E-state index in [-0.39, 0.29) is 0 Å². The van der Waals surface area contributed by atoms with Crippen LogP contribution in [0.5, 0.6) is 5.75 Å². The molecule has 0 aromatic heterocycles. The lowest BCUT2D eigenvalue weighted by Gasteiger charge is -2.14. The summed E-state index contributed by atoms with van der Waals surface area (Å²) in [5, 5.41) is 4.01. The molecule has 114 valence electrons. The fourth-order valence-electron chi connectivity index (χ4n) is 1.84. The maximum absolute atomic E-state index is 6.04. The van der Waals surface area contributed by atoms with Crippen molar-refractivity contribution < 1.29 is 4.74 Å². The molecule has 3 N–H and O–H groups in total. The van der Waals surface area contributed by atoms with Crippen LogP contribution < -0.4 is 15.8 Å². The van der Waals surface area contributed by atoms with Crippen molar-refractivity contribution in [1.82, 2.24) is 10.2 Å². The second-order valence-corrected chi connectivity index (χ2v) is 5.48. The highest BCUT2D eigenvalue weighted by Crippen LogP contribution is 2.24. The molecule has 0 radical (unpaired) electrons. The van der Waals surface area contributed by atoms with E-state index >= 15 is 0 Å². The Balaban J connectivity index is 2.47.